The third-order valence-electron chi connectivity index (χ3n) is 0.722. The highest BCUT2D eigenvalue weighted by Crippen LogP contribution is 2.01. The average molecular weight is 125 g/mol. The van der Waals surface area contributed by atoms with Crippen LogP contribution in [0.2, 0.25) is 0 Å². The smallest absolute Gasteiger partial charge is 0.241 e. The number of halogens is 2. The van der Waals surface area contributed by atoms with Gasteiger partial charge in [0, 0.05) is 13.0 Å². The molecule has 0 heterocycles. The van der Waals surface area contributed by atoms with E-state index in [1.807, 2.05) is 0 Å². The van der Waals surface area contributed by atoms with E-state index in [9.17, 15) is 8.78 Å². The fraction of sp³-hybridized carbons (Fsp3) is 1.00. The molecule has 0 aliphatic rings. The van der Waals surface area contributed by atoms with Gasteiger partial charge in [-0.05, 0) is 0 Å². The highest BCUT2D eigenvalue weighted by molar-refractivity contribution is 4.55. The highest BCUT2D eigenvalue weighted by atomic mass is 19.3. The zero-order chi connectivity index (χ0) is 6.57. The molecule has 4 heteroatoms. The largest absolute Gasteiger partial charge is 0.392 e. The Morgan fingerprint density at radius 2 is 2.00 bits per heavy atom. The summed E-state index contributed by atoms with van der Waals surface area (Å²) in [4.78, 5) is 0. The topological polar surface area (TPSA) is 46.2 Å². The number of nitrogens with two attached hydrogens (primary N) is 1. The van der Waals surface area contributed by atoms with Crippen molar-refractivity contribution in [2.75, 3.05) is 6.54 Å². The van der Waals surface area contributed by atoms with Crippen LogP contribution in [0.4, 0.5) is 8.78 Å². The summed E-state index contributed by atoms with van der Waals surface area (Å²) in [6, 6.07) is 0. The van der Waals surface area contributed by atoms with Crippen LogP contribution in [0.1, 0.15) is 6.42 Å². The summed E-state index contributed by atoms with van der Waals surface area (Å²) in [5.74, 6) is 0. The quantitative estimate of drug-likeness (QED) is 0.556. The molecular weight excluding hydrogens is 116 g/mol. The third kappa shape index (κ3) is 3.95. The fourth-order valence-electron chi connectivity index (χ4n) is 0.302. The van der Waals surface area contributed by atoms with Gasteiger partial charge in [-0.25, -0.2) is 8.78 Å². The molecule has 0 spiro atoms. The second-order valence-corrected chi connectivity index (χ2v) is 1.52. The van der Waals surface area contributed by atoms with Crippen molar-refractivity contribution in [3.05, 3.63) is 0 Å². The number of hydrogen-bond acceptors (Lipinski definition) is 2. The van der Waals surface area contributed by atoms with Gasteiger partial charge in [-0.3, -0.25) is 0 Å². The van der Waals surface area contributed by atoms with Crippen LogP contribution >= 0.6 is 0 Å². The first kappa shape index (κ1) is 7.78. The fourth-order valence-corrected chi connectivity index (χ4v) is 0.302. The second-order valence-electron chi connectivity index (χ2n) is 1.52. The molecule has 3 N–H and O–H groups in total. The van der Waals surface area contributed by atoms with E-state index in [-0.39, 0.29) is 6.54 Å². The molecule has 0 bridgehead atoms. The van der Waals surface area contributed by atoms with E-state index >= 15 is 0 Å². The molecule has 1 atom stereocenters. The number of hydrogen-bond donors (Lipinski definition) is 2. The van der Waals surface area contributed by atoms with Crippen molar-refractivity contribution in [1.29, 1.82) is 0 Å². The third-order valence-corrected chi connectivity index (χ3v) is 0.722. The molecule has 2 nitrogen and oxygen atoms in total. The summed E-state index contributed by atoms with van der Waals surface area (Å²) in [5, 5.41) is 8.42. The molecule has 0 fully saturated rings. The van der Waals surface area contributed by atoms with Crippen LogP contribution in [-0.4, -0.2) is 24.2 Å². The van der Waals surface area contributed by atoms with Gasteiger partial charge in [0.2, 0.25) is 6.43 Å². The number of alkyl halides is 2. The minimum absolute atomic E-state index is 0.0929. The van der Waals surface area contributed by atoms with Gasteiger partial charge in [-0.15, -0.1) is 0 Å². The van der Waals surface area contributed by atoms with E-state index < -0.39 is 19.0 Å². The van der Waals surface area contributed by atoms with E-state index in [0.29, 0.717) is 0 Å². The number of rotatable bonds is 3. The van der Waals surface area contributed by atoms with Gasteiger partial charge >= 0.3 is 0 Å². The van der Waals surface area contributed by atoms with Crippen molar-refractivity contribution < 1.29 is 13.9 Å². The molecule has 0 aromatic carbocycles. The van der Waals surface area contributed by atoms with Crippen molar-refractivity contribution >= 4 is 0 Å². The van der Waals surface area contributed by atoms with Crippen molar-refractivity contribution in [1.82, 2.24) is 0 Å². The minimum Gasteiger partial charge on any atom is -0.392 e. The zero-order valence-corrected chi connectivity index (χ0v) is 4.35. The second kappa shape index (κ2) is 3.74. The van der Waals surface area contributed by atoms with Crippen molar-refractivity contribution in [3.8, 4) is 0 Å². The predicted molar refractivity (Wildman–Crippen MR) is 25.7 cm³/mol. The molecule has 0 saturated heterocycles. The highest BCUT2D eigenvalue weighted by Gasteiger charge is 2.08. The molecule has 50 valence electrons. The zero-order valence-electron chi connectivity index (χ0n) is 4.35. The Hall–Kier alpha value is -0.220. The molecule has 1 unspecified atom stereocenters. The van der Waals surface area contributed by atoms with E-state index in [1.54, 1.807) is 0 Å². The maximum atomic E-state index is 11.3. The minimum atomic E-state index is -2.45. The molecule has 0 radical (unpaired) electrons. The van der Waals surface area contributed by atoms with Crippen molar-refractivity contribution in [3.63, 3.8) is 0 Å². The molecule has 0 aliphatic heterocycles. The Labute approximate surface area is 46.3 Å². The van der Waals surface area contributed by atoms with Gasteiger partial charge in [0.1, 0.15) is 0 Å². The van der Waals surface area contributed by atoms with Crippen LogP contribution in [0.15, 0.2) is 0 Å². The van der Waals surface area contributed by atoms with Gasteiger partial charge in [0.05, 0.1) is 6.10 Å². The van der Waals surface area contributed by atoms with E-state index in [2.05, 4.69) is 0 Å². The summed E-state index contributed by atoms with van der Waals surface area (Å²) in [5.41, 5.74) is 4.84. The molecule has 0 aromatic rings. The predicted octanol–water partition coefficient (Wildman–Crippen LogP) is -0.0388. The summed E-state index contributed by atoms with van der Waals surface area (Å²) in [7, 11) is 0. The summed E-state index contributed by atoms with van der Waals surface area (Å²) in [6.45, 7) is -0.0929. The summed E-state index contributed by atoms with van der Waals surface area (Å²) < 4.78 is 22.5. The van der Waals surface area contributed by atoms with Crippen molar-refractivity contribution in [2.24, 2.45) is 5.73 Å². The Morgan fingerprint density at radius 3 is 2.12 bits per heavy atom. The van der Waals surface area contributed by atoms with Crippen LogP contribution < -0.4 is 5.73 Å². The average Bonchev–Trinajstić information content (AvgIpc) is 1.65. The standard InChI is InChI=1S/C4H9F2NO/c5-4(6)1-3(8)2-7/h3-4,8H,1-2,7H2. The van der Waals surface area contributed by atoms with Gasteiger partial charge in [-0.2, -0.15) is 0 Å². The van der Waals surface area contributed by atoms with Gasteiger partial charge in [-0.1, -0.05) is 0 Å². The monoisotopic (exact) mass is 125 g/mol. The summed E-state index contributed by atoms with van der Waals surface area (Å²) in [6.07, 6.45) is -4.01. The molecule has 0 saturated carbocycles. The lowest BCUT2D eigenvalue weighted by Gasteiger charge is -2.03. The van der Waals surface area contributed by atoms with Gasteiger partial charge in [0.15, 0.2) is 0 Å². The molecule has 0 aliphatic carbocycles. The van der Waals surface area contributed by atoms with Crippen LogP contribution in [0.25, 0.3) is 0 Å². The lowest BCUT2D eigenvalue weighted by Crippen LogP contribution is -2.21. The first-order valence-corrected chi connectivity index (χ1v) is 2.33. The number of aliphatic hydroxyl groups excluding tert-OH is 1. The molecule has 0 rings (SSSR count). The van der Waals surface area contributed by atoms with Crippen LogP contribution in [0.5, 0.6) is 0 Å². The Bertz CT molecular complexity index is 60.0. The lowest BCUT2D eigenvalue weighted by atomic mass is 10.3. The van der Waals surface area contributed by atoms with Crippen LogP contribution in [-0.2, 0) is 0 Å². The Kier molecular flexibility index (Phi) is 3.64. The molecular formula is C4H9F2NO. The Balaban J connectivity index is 3.10. The van der Waals surface area contributed by atoms with Crippen LogP contribution in [0.3, 0.4) is 0 Å². The van der Waals surface area contributed by atoms with E-state index in [0.717, 1.165) is 0 Å². The van der Waals surface area contributed by atoms with Crippen molar-refractivity contribution in [2.45, 2.75) is 19.0 Å². The Morgan fingerprint density at radius 1 is 1.50 bits per heavy atom. The lowest BCUT2D eigenvalue weighted by molar-refractivity contribution is 0.0656. The normalized spacial score (nSPS) is 14.6. The van der Waals surface area contributed by atoms with E-state index in [4.69, 9.17) is 10.8 Å². The van der Waals surface area contributed by atoms with Gasteiger partial charge < -0.3 is 10.8 Å². The maximum absolute atomic E-state index is 11.3. The SMILES string of the molecule is NCC(O)CC(F)F. The maximum Gasteiger partial charge on any atom is 0.241 e. The van der Waals surface area contributed by atoms with Crippen LogP contribution in [0, 0.1) is 0 Å². The van der Waals surface area contributed by atoms with E-state index in [1.165, 1.54) is 0 Å². The molecule has 0 aromatic heterocycles. The summed E-state index contributed by atoms with van der Waals surface area (Å²) >= 11 is 0. The first-order valence-electron chi connectivity index (χ1n) is 2.33. The first-order chi connectivity index (χ1) is 3.66. The molecule has 8 heavy (non-hydrogen) atoms. The van der Waals surface area contributed by atoms with Gasteiger partial charge in [0.25, 0.3) is 0 Å². The molecule has 0 amide bonds. The number of aliphatic hydroxyl groups is 1.